The molecule has 4 rings (SSSR count). The maximum absolute atomic E-state index is 14.2. The Balaban J connectivity index is 0.00000103. The van der Waals surface area contributed by atoms with Crippen LogP contribution in [0.3, 0.4) is 0 Å². The van der Waals surface area contributed by atoms with Crippen molar-refractivity contribution in [3.05, 3.63) is 54.0 Å². The molecule has 12 heteroatoms. The number of carbonyl (C=O) groups is 1. The quantitative estimate of drug-likeness (QED) is 0.463. The van der Waals surface area contributed by atoms with Crippen LogP contribution in [0.4, 0.5) is 26.5 Å². The fraction of sp³-hybridized carbons (Fsp3) is 0.182. The van der Waals surface area contributed by atoms with Gasteiger partial charge in [-0.25, -0.2) is 28.8 Å². The number of aromatic nitrogens is 5. The summed E-state index contributed by atoms with van der Waals surface area (Å²) in [4.78, 5) is 25.9. The predicted octanol–water partition coefficient (Wildman–Crippen LogP) is 2.97. The van der Waals surface area contributed by atoms with Crippen LogP contribution in [0.15, 0.2) is 42.6 Å². The lowest BCUT2D eigenvalue weighted by atomic mass is 10.2. The van der Waals surface area contributed by atoms with Crippen LogP contribution in [0.5, 0.6) is 0 Å². The maximum atomic E-state index is 14.2. The Hall–Kier alpha value is -4.79. The van der Waals surface area contributed by atoms with E-state index in [2.05, 4.69) is 24.8 Å². The predicted molar refractivity (Wildman–Crippen MR) is 125 cm³/mol. The van der Waals surface area contributed by atoms with Crippen molar-refractivity contribution in [2.75, 3.05) is 30.5 Å². The Labute approximate surface area is 194 Å². The number of benzene rings is 1. The van der Waals surface area contributed by atoms with Gasteiger partial charge in [-0.05, 0) is 18.2 Å². The molecule has 0 aliphatic rings. The number of ether oxygens (including phenoxy) is 1. The maximum Gasteiger partial charge on any atom is 0.413 e. The van der Waals surface area contributed by atoms with Crippen LogP contribution in [0.25, 0.3) is 22.6 Å². The largest absolute Gasteiger partial charge is 0.452 e. The molecule has 0 saturated carbocycles. The first-order valence-electron chi connectivity index (χ1n) is 9.93. The molecule has 0 bridgehead atoms. The van der Waals surface area contributed by atoms with E-state index in [1.54, 1.807) is 47.3 Å². The number of nitrogen functional groups attached to an aromatic ring is 2. The summed E-state index contributed by atoms with van der Waals surface area (Å²) in [6.07, 6.45) is 0.947. The number of hydrogen-bond donors (Lipinski definition) is 2. The van der Waals surface area contributed by atoms with Gasteiger partial charge >= 0.3 is 6.09 Å². The highest BCUT2D eigenvalue weighted by Gasteiger charge is 2.23. The Morgan fingerprint density at radius 2 is 1.85 bits per heavy atom. The standard InChI is InChI=1S/C20H19FN8O2.C2H3N/c1-28(20(30)31-2)15-16(22)25-18(26-17(15)23)14-12-7-5-9-24-19(12)29(27-14)10-11-6-3-4-8-13(11)21;1-2-3/h3-9H,10H2,1-2H3,(H4,22,23,25,26);1H3. The number of hydrogen-bond acceptors (Lipinski definition) is 9. The number of nitriles is 1. The highest BCUT2D eigenvalue weighted by Crippen LogP contribution is 2.32. The van der Waals surface area contributed by atoms with E-state index in [1.807, 2.05) is 0 Å². The summed E-state index contributed by atoms with van der Waals surface area (Å²) >= 11 is 0. The molecule has 4 aromatic rings. The molecule has 0 aliphatic carbocycles. The zero-order valence-corrected chi connectivity index (χ0v) is 18.7. The van der Waals surface area contributed by atoms with Crippen molar-refractivity contribution < 1.29 is 13.9 Å². The lowest BCUT2D eigenvalue weighted by Gasteiger charge is -2.18. The van der Waals surface area contributed by atoms with E-state index < -0.39 is 6.09 Å². The smallest absolute Gasteiger partial charge is 0.413 e. The molecule has 1 aromatic carbocycles. The van der Waals surface area contributed by atoms with Crippen molar-refractivity contribution in [2.24, 2.45) is 0 Å². The van der Waals surface area contributed by atoms with Crippen molar-refractivity contribution in [1.82, 2.24) is 24.7 Å². The lowest BCUT2D eigenvalue weighted by molar-refractivity contribution is 0.180. The summed E-state index contributed by atoms with van der Waals surface area (Å²) in [6.45, 7) is 1.59. The average Bonchev–Trinajstić information content (AvgIpc) is 3.18. The normalized spacial score (nSPS) is 10.2. The van der Waals surface area contributed by atoms with Gasteiger partial charge in [0.2, 0.25) is 0 Å². The van der Waals surface area contributed by atoms with Crippen molar-refractivity contribution in [3.63, 3.8) is 0 Å². The van der Waals surface area contributed by atoms with Crippen molar-refractivity contribution in [2.45, 2.75) is 13.5 Å². The van der Waals surface area contributed by atoms with E-state index in [0.29, 0.717) is 22.3 Å². The summed E-state index contributed by atoms with van der Waals surface area (Å²) in [5.41, 5.74) is 13.6. The molecule has 4 N–H and O–H groups in total. The van der Waals surface area contributed by atoms with Crippen LogP contribution in [0.2, 0.25) is 0 Å². The van der Waals surface area contributed by atoms with E-state index in [9.17, 15) is 9.18 Å². The number of rotatable bonds is 4. The topological polar surface area (TPSA) is 162 Å². The number of nitrogens with zero attached hydrogens (tertiary/aromatic N) is 7. The van der Waals surface area contributed by atoms with Gasteiger partial charge in [-0.1, -0.05) is 18.2 Å². The first kappa shape index (κ1) is 23.9. The molecule has 34 heavy (non-hydrogen) atoms. The zero-order valence-electron chi connectivity index (χ0n) is 18.7. The summed E-state index contributed by atoms with van der Waals surface area (Å²) in [5, 5.41) is 12.5. The molecule has 1 amide bonds. The molecule has 0 unspecified atom stereocenters. The number of carbonyl (C=O) groups excluding carboxylic acids is 1. The number of pyridine rings is 1. The van der Waals surface area contributed by atoms with Crippen LogP contribution < -0.4 is 16.4 Å². The van der Waals surface area contributed by atoms with Crippen LogP contribution in [-0.4, -0.2) is 45.0 Å². The zero-order chi connectivity index (χ0) is 24.8. The molecule has 3 heterocycles. The number of fused-ring (bicyclic) bond motifs is 1. The molecule has 0 aliphatic heterocycles. The van der Waals surface area contributed by atoms with E-state index in [4.69, 9.17) is 16.7 Å². The first-order valence-corrected chi connectivity index (χ1v) is 9.93. The average molecular weight is 463 g/mol. The van der Waals surface area contributed by atoms with Gasteiger partial charge < -0.3 is 16.2 Å². The summed E-state index contributed by atoms with van der Waals surface area (Å²) < 4.78 is 20.4. The van der Waals surface area contributed by atoms with Gasteiger partial charge in [0.15, 0.2) is 23.1 Å². The molecule has 0 spiro atoms. The Bertz CT molecular complexity index is 1360. The fourth-order valence-electron chi connectivity index (χ4n) is 3.24. The van der Waals surface area contributed by atoms with Gasteiger partial charge in [0.1, 0.15) is 17.2 Å². The third kappa shape index (κ3) is 4.68. The molecule has 0 saturated heterocycles. The van der Waals surface area contributed by atoms with Gasteiger partial charge in [0.25, 0.3) is 0 Å². The highest BCUT2D eigenvalue weighted by molar-refractivity contribution is 5.96. The number of amides is 1. The van der Waals surface area contributed by atoms with Crippen LogP contribution in [-0.2, 0) is 11.3 Å². The number of methoxy groups -OCH3 is 1. The van der Waals surface area contributed by atoms with Gasteiger partial charge in [-0.3, -0.25) is 4.90 Å². The van der Waals surface area contributed by atoms with Gasteiger partial charge in [0, 0.05) is 25.7 Å². The summed E-state index contributed by atoms with van der Waals surface area (Å²) in [5.74, 6) is -0.224. The third-order valence-electron chi connectivity index (χ3n) is 4.72. The SMILES string of the molecule is CC#N.COC(=O)N(C)c1c(N)nc(-c2nn(Cc3ccccc3F)c3ncccc23)nc1N. The highest BCUT2D eigenvalue weighted by atomic mass is 19.1. The van der Waals surface area contributed by atoms with Crippen LogP contribution in [0.1, 0.15) is 12.5 Å². The first-order chi connectivity index (χ1) is 16.3. The monoisotopic (exact) mass is 463 g/mol. The second kappa shape index (κ2) is 10.2. The second-order valence-corrected chi connectivity index (χ2v) is 6.89. The minimum atomic E-state index is -0.668. The van der Waals surface area contributed by atoms with Gasteiger partial charge in [-0.2, -0.15) is 10.4 Å². The molecule has 3 aromatic heterocycles. The van der Waals surface area contributed by atoms with E-state index >= 15 is 0 Å². The molecule has 0 radical (unpaired) electrons. The second-order valence-electron chi connectivity index (χ2n) is 6.89. The van der Waals surface area contributed by atoms with E-state index in [-0.39, 0.29) is 35.5 Å². The Kier molecular flexibility index (Phi) is 7.17. The minimum Gasteiger partial charge on any atom is -0.452 e. The molecule has 11 nitrogen and oxygen atoms in total. The van der Waals surface area contributed by atoms with Crippen LogP contribution >= 0.6 is 0 Å². The molecular weight excluding hydrogens is 441 g/mol. The van der Waals surface area contributed by atoms with Crippen molar-refractivity contribution >= 4 is 34.4 Å². The number of anilines is 3. The third-order valence-corrected chi connectivity index (χ3v) is 4.72. The van der Waals surface area contributed by atoms with Crippen molar-refractivity contribution in [3.8, 4) is 17.6 Å². The summed E-state index contributed by atoms with van der Waals surface area (Å²) in [6, 6.07) is 11.7. The summed E-state index contributed by atoms with van der Waals surface area (Å²) in [7, 11) is 2.68. The molecule has 174 valence electrons. The number of halogens is 1. The van der Waals surface area contributed by atoms with Crippen LogP contribution in [0, 0.1) is 17.1 Å². The molecule has 0 fully saturated rings. The van der Waals surface area contributed by atoms with E-state index in [0.717, 1.165) is 4.90 Å². The Morgan fingerprint density at radius 1 is 1.21 bits per heavy atom. The molecular formula is C22H22FN9O2. The van der Waals surface area contributed by atoms with Gasteiger partial charge in [0.05, 0.1) is 25.1 Å². The number of nitrogens with two attached hydrogens (primary N) is 2. The lowest BCUT2D eigenvalue weighted by Crippen LogP contribution is -2.28. The molecule has 0 atom stereocenters. The van der Waals surface area contributed by atoms with Gasteiger partial charge in [-0.15, -0.1) is 0 Å². The Morgan fingerprint density at radius 3 is 2.47 bits per heavy atom. The minimum absolute atomic E-state index is 0.0175. The fourth-order valence-corrected chi connectivity index (χ4v) is 3.24. The van der Waals surface area contributed by atoms with E-state index in [1.165, 1.54) is 27.1 Å². The van der Waals surface area contributed by atoms with Crippen molar-refractivity contribution in [1.29, 1.82) is 5.26 Å².